The molecule has 1 aliphatic heterocycles. The van der Waals surface area contributed by atoms with Crippen LogP contribution < -0.4 is 10.6 Å². The highest BCUT2D eigenvalue weighted by Gasteiger charge is 2.23. The van der Waals surface area contributed by atoms with Crippen molar-refractivity contribution in [1.82, 2.24) is 5.32 Å². The van der Waals surface area contributed by atoms with Gasteiger partial charge in [-0.3, -0.25) is 0 Å². The summed E-state index contributed by atoms with van der Waals surface area (Å²) in [5, 5.41) is 5.47. The van der Waals surface area contributed by atoms with E-state index in [0.717, 1.165) is 0 Å². The van der Waals surface area contributed by atoms with Gasteiger partial charge in [0.2, 0.25) is 0 Å². The van der Waals surface area contributed by atoms with Gasteiger partial charge in [-0.05, 0) is 25.1 Å². The Kier molecular flexibility index (Phi) is 6.72. The van der Waals surface area contributed by atoms with Crippen LogP contribution in [0.4, 0.5) is 10.5 Å². The van der Waals surface area contributed by atoms with E-state index < -0.39 is 18.0 Å². The summed E-state index contributed by atoms with van der Waals surface area (Å²) in [4.78, 5) is 35.6. The molecule has 1 heterocycles. The number of carbonyl (C=O) groups excluding carboxylic acids is 3. The molecule has 1 aromatic carbocycles. The van der Waals surface area contributed by atoms with Crippen LogP contribution >= 0.6 is 23.4 Å². The Hall–Kier alpha value is -2.19. The molecule has 134 valence electrons. The van der Waals surface area contributed by atoms with Gasteiger partial charge < -0.3 is 20.1 Å². The average molecular weight is 385 g/mol. The maximum absolute atomic E-state index is 12.1. The standard InChI is InChI=1S/C16H17ClN2O5S/c1-3-24-15(21)10-6-9(4-5-12(10)17)18-16(22)19-13-8-25-7-11(13)14(20)23-2/h4-6H,3,7-8H2,1-2H3,(H2,18,19,22). The highest BCUT2D eigenvalue weighted by Crippen LogP contribution is 2.24. The number of amides is 2. The second-order valence-electron chi connectivity index (χ2n) is 4.94. The Morgan fingerprint density at radius 1 is 1.20 bits per heavy atom. The van der Waals surface area contributed by atoms with E-state index in [2.05, 4.69) is 10.6 Å². The van der Waals surface area contributed by atoms with E-state index in [-0.39, 0.29) is 17.2 Å². The van der Waals surface area contributed by atoms with Crippen LogP contribution in [0.25, 0.3) is 0 Å². The van der Waals surface area contributed by atoms with Crippen LogP contribution in [0.2, 0.25) is 5.02 Å². The van der Waals surface area contributed by atoms with Crippen molar-refractivity contribution in [2.75, 3.05) is 30.5 Å². The normalized spacial score (nSPS) is 13.4. The Morgan fingerprint density at radius 3 is 2.64 bits per heavy atom. The van der Waals surface area contributed by atoms with Crippen LogP contribution in [0.15, 0.2) is 29.5 Å². The summed E-state index contributed by atoms with van der Waals surface area (Å²) in [6, 6.07) is 3.95. The molecule has 25 heavy (non-hydrogen) atoms. The largest absolute Gasteiger partial charge is 0.466 e. The number of carbonyl (C=O) groups is 3. The van der Waals surface area contributed by atoms with Gasteiger partial charge in [-0.2, -0.15) is 11.8 Å². The quantitative estimate of drug-likeness (QED) is 0.758. The number of urea groups is 1. The van der Waals surface area contributed by atoms with Gasteiger partial charge in [0.25, 0.3) is 0 Å². The van der Waals surface area contributed by atoms with Crippen molar-refractivity contribution >= 4 is 47.0 Å². The topological polar surface area (TPSA) is 93.7 Å². The van der Waals surface area contributed by atoms with Gasteiger partial charge in [-0.25, -0.2) is 14.4 Å². The number of methoxy groups -OCH3 is 1. The lowest BCUT2D eigenvalue weighted by Crippen LogP contribution is -2.30. The van der Waals surface area contributed by atoms with E-state index in [0.29, 0.717) is 28.5 Å². The van der Waals surface area contributed by atoms with Gasteiger partial charge in [-0.15, -0.1) is 0 Å². The molecule has 7 nitrogen and oxygen atoms in total. The number of thioether (sulfide) groups is 1. The molecule has 0 aromatic heterocycles. The predicted molar refractivity (Wildman–Crippen MR) is 95.9 cm³/mol. The summed E-state index contributed by atoms with van der Waals surface area (Å²) in [5.74, 6) is -0.0428. The van der Waals surface area contributed by atoms with Crippen molar-refractivity contribution < 1.29 is 23.9 Å². The van der Waals surface area contributed by atoms with E-state index in [9.17, 15) is 14.4 Å². The SMILES string of the molecule is CCOC(=O)c1cc(NC(=O)NC2=C(C(=O)OC)CSC2)ccc1Cl. The molecule has 2 N–H and O–H groups in total. The maximum atomic E-state index is 12.1. The fourth-order valence-electron chi connectivity index (χ4n) is 2.11. The summed E-state index contributed by atoms with van der Waals surface area (Å²) < 4.78 is 9.61. The summed E-state index contributed by atoms with van der Waals surface area (Å²) in [6.45, 7) is 1.91. The first-order valence-corrected chi connectivity index (χ1v) is 8.92. The first kappa shape index (κ1) is 19.1. The second-order valence-corrected chi connectivity index (χ2v) is 6.33. The molecule has 1 aliphatic rings. The minimum absolute atomic E-state index is 0.159. The third kappa shape index (κ3) is 4.90. The third-order valence-electron chi connectivity index (χ3n) is 3.27. The molecule has 0 saturated carbocycles. The highest BCUT2D eigenvalue weighted by molar-refractivity contribution is 8.00. The third-order valence-corrected chi connectivity index (χ3v) is 4.59. The lowest BCUT2D eigenvalue weighted by molar-refractivity contribution is -0.136. The number of nitrogens with one attached hydrogen (secondary N) is 2. The molecule has 1 aromatic rings. The minimum Gasteiger partial charge on any atom is -0.466 e. The van der Waals surface area contributed by atoms with Gasteiger partial charge in [-0.1, -0.05) is 11.6 Å². The zero-order valence-electron chi connectivity index (χ0n) is 13.7. The number of benzene rings is 1. The van der Waals surface area contributed by atoms with Crippen LogP contribution in [0, 0.1) is 0 Å². The molecule has 0 radical (unpaired) electrons. The van der Waals surface area contributed by atoms with Crippen molar-refractivity contribution in [3.05, 3.63) is 40.1 Å². The van der Waals surface area contributed by atoms with Crippen molar-refractivity contribution in [2.45, 2.75) is 6.92 Å². The average Bonchev–Trinajstić information content (AvgIpc) is 3.04. The molecular formula is C16H17ClN2O5S. The molecule has 0 spiro atoms. The summed E-state index contributed by atoms with van der Waals surface area (Å²) >= 11 is 7.48. The number of rotatable bonds is 5. The molecule has 0 bridgehead atoms. The van der Waals surface area contributed by atoms with Crippen molar-refractivity contribution in [3.8, 4) is 0 Å². The molecule has 0 fully saturated rings. The molecule has 0 unspecified atom stereocenters. The van der Waals surface area contributed by atoms with Crippen molar-refractivity contribution in [2.24, 2.45) is 0 Å². The summed E-state index contributed by atoms with van der Waals surface area (Å²) in [6.07, 6.45) is 0. The van der Waals surface area contributed by atoms with Crippen LogP contribution in [0.3, 0.4) is 0 Å². The van der Waals surface area contributed by atoms with Gasteiger partial charge in [0.1, 0.15) is 0 Å². The predicted octanol–water partition coefficient (Wildman–Crippen LogP) is 2.81. The fraction of sp³-hybridized carbons (Fsp3) is 0.312. The Bertz CT molecular complexity index is 735. The summed E-state index contributed by atoms with van der Waals surface area (Å²) in [5.41, 5.74) is 1.47. The van der Waals surface area contributed by atoms with Crippen LogP contribution in [-0.4, -0.2) is 43.2 Å². The number of ether oxygens (including phenoxy) is 2. The lowest BCUT2D eigenvalue weighted by Gasteiger charge is -2.11. The van der Waals surface area contributed by atoms with Crippen molar-refractivity contribution in [3.63, 3.8) is 0 Å². The van der Waals surface area contributed by atoms with E-state index in [1.165, 1.54) is 31.0 Å². The number of anilines is 1. The lowest BCUT2D eigenvalue weighted by atomic mass is 10.2. The monoisotopic (exact) mass is 384 g/mol. The van der Waals surface area contributed by atoms with Crippen LogP contribution in [0.5, 0.6) is 0 Å². The summed E-state index contributed by atoms with van der Waals surface area (Å²) in [7, 11) is 1.29. The number of esters is 2. The number of hydrogen-bond donors (Lipinski definition) is 2. The van der Waals surface area contributed by atoms with Crippen LogP contribution in [-0.2, 0) is 14.3 Å². The number of halogens is 1. The Labute approximate surface area is 154 Å². The first-order valence-electron chi connectivity index (χ1n) is 7.39. The van der Waals surface area contributed by atoms with E-state index >= 15 is 0 Å². The van der Waals surface area contributed by atoms with Gasteiger partial charge in [0.15, 0.2) is 0 Å². The molecule has 9 heteroatoms. The molecular weight excluding hydrogens is 368 g/mol. The molecule has 2 amide bonds. The van der Waals surface area contributed by atoms with E-state index in [4.69, 9.17) is 21.1 Å². The van der Waals surface area contributed by atoms with Gasteiger partial charge in [0.05, 0.1) is 29.9 Å². The van der Waals surface area contributed by atoms with Gasteiger partial charge >= 0.3 is 18.0 Å². The first-order chi connectivity index (χ1) is 12.0. The smallest absolute Gasteiger partial charge is 0.339 e. The Balaban J connectivity index is 2.09. The highest BCUT2D eigenvalue weighted by atomic mass is 35.5. The van der Waals surface area contributed by atoms with Crippen molar-refractivity contribution in [1.29, 1.82) is 0 Å². The maximum Gasteiger partial charge on any atom is 0.339 e. The van der Waals surface area contributed by atoms with E-state index in [1.807, 2.05) is 0 Å². The zero-order valence-corrected chi connectivity index (χ0v) is 15.3. The number of hydrogen-bond acceptors (Lipinski definition) is 6. The molecule has 2 rings (SSSR count). The molecule has 0 atom stereocenters. The fourth-order valence-corrected chi connectivity index (χ4v) is 3.36. The molecule has 0 saturated heterocycles. The van der Waals surface area contributed by atoms with E-state index in [1.54, 1.807) is 13.0 Å². The van der Waals surface area contributed by atoms with Gasteiger partial charge in [0, 0.05) is 22.9 Å². The van der Waals surface area contributed by atoms with Crippen LogP contribution in [0.1, 0.15) is 17.3 Å². The second kappa shape index (κ2) is 8.77. The Morgan fingerprint density at radius 2 is 1.96 bits per heavy atom. The zero-order chi connectivity index (χ0) is 18.4. The minimum atomic E-state index is -0.570. The molecule has 0 aliphatic carbocycles.